The Hall–Kier alpha value is -1.64. The first-order valence-corrected chi connectivity index (χ1v) is 4.95. The number of rotatable bonds is 3. The number of nitrogens with zero attached hydrogens (tertiary/aromatic N) is 1. The average Bonchev–Trinajstić information content (AvgIpc) is 2.98. The van der Waals surface area contributed by atoms with Gasteiger partial charge in [-0.1, -0.05) is 37.3 Å². The molecule has 2 atom stereocenters. The maximum atomic E-state index is 10.9. The summed E-state index contributed by atoms with van der Waals surface area (Å²) in [6, 6.07) is 9.92. The molecule has 15 heavy (non-hydrogen) atoms. The number of aliphatic imine (C=N–C) groups is 1. The number of esters is 1. The van der Waals surface area contributed by atoms with E-state index in [1.165, 1.54) is 6.92 Å². The van der Waals surface area contributed by atoms with E-state index in [0.29, 0.717) is 0 Å². The molecule has 0 aliphatic carbocycles. The minimum absolute atomic E-state index is 0.0719. The Labute approximate surface area is 88.8 Å². The van der Waals surface area contributed by atoms with E-state index in [9.17, 15) is 4.79 Å². The molecule has 1 aliphatic rings. The third-order valence-electron chi connectivity index (χ3n) is 2.61. The number of hydrogen-bond donors (Lipinski definition) is 0. The molecule has 2 unspecified atom stereocenters. The van der Waals surface area contributed by atoms with Crippen molar-refractivity contribution in [1.82, 2.24) is 0 Å². The second-order valence-corrected chi connectivity index (χ2v) is 3.74. The lowest BCUT2D eigenvalue weighted by atomic mass is 9.94. The fraction of sp³-hybridized carbons (Fsp3) is 0.333. The molecule has 1 heterocycles. The zero-order valence-electron chi connectivity index (χ0n) is 8.81. The summed E-state index contributed by atoms with van der Waals surface area (Å²) in [6.07, 6.45) is 1.69. The van der Waals surface area contributed by atoms with Crippen LogP contribution >= 0.6 is 0 Å². The van der Waals surface area contributed by atoms with Crippen molar-refractivity contribution in [1.29, 1.82) is 0 Å². The predicted molar refractivity (Wildman–Crippen MR) is 57.8 cm³/mol. The molecule has 0 radical (unpaired) electrons. The second kappa shape index (κ2) is 3.50. The van der Waals surface area contributed by atoms with Gasteiger partial charge in [0.25, 0.3) is 0 Å². The van der Waals surface area contributed by atoms with E-state index < -0.39 is 5.72 Å². The number of ether oxygens (including phenoxy) is 1. The van der Waals surface area contributed by atoms with Crippen LogP contribution in [0.15, 0.2) is 35.3 Å². The molecular formula is C12H13NO2. The molecule has 1 aromatic carbocycles. The van der Waals surface area contributed by atoms with Gasteiger partial charge >= 0.3 is 5.97 Å². The number of benzene rings is 1. The first-order chi connectivity index (χ1) is 7.14. The predicted octanol–water partition coefficient (Wildman–Crippen LogP) is 2.13. The SMILES string of the molecule is CC(=O)OC1(C(C)c2ccccc2)C=N1. The average molecular weight is 203 g/mol. The third kappa shape index (κ3) is 1.91. The molecule has 0 amide bonds. The van der Waals surface area contributed by atoms with E-state index in [2.05, 4.69) is 4.99 Å². The van der Waals surface area contributed by atoms with Crippen LogP contribution in [0.4, 0.5) is 0 Å². The highest BCUT2D eigenvalue weighted by atomic mass is 16.6. The van der Waals surface area contributed by atoms with Crippen molar-refractivity contribution in [3.05, 3.63) is 35.9 Å². The van der Waals surface area contributed by atoms with Crippen LogP contribution in [0.2, 0.25) is 0 Å². The maximum Gasteiger partial charge on any atom is 0.305 e. The fourth-order valence-corrected chi connectivity index (χ4v) is 1.64. The molecule has 3 nitrogen and oxygen atoms in total. The first kappa shape index (κ1) is 9.90. The van der Waals surface area contributed by atoms with E-state index in [4.69, 9.17) is 4.74 Å². The molecule has 3 heteroatoms. The van der Waals surface area contributed by atoms with E-state index in [0.717, 1.165) is 5.56 Å². The molecule has 0 saturated heterocycles. The highest BCUT2D eigenvalue weighted by Crippen LogP contribution is 2.38. The van der Waals surface area contributed by atoms with Crippen molar-refractivity contribution in [3.8, 4) is 0 Å². The molecular weight excluding hydrogens is 190 g/mol. The van der Waals surface area contributed by atoms with Gasteiger partial charge in [0.1, 0.15) is 0 Å². The Morgan fingerprint density at radius 1 is 1.40 bits per heavy atom. The smallest absolute Gasteiger partial charge is 0.305 e. The van der Waals surface area contributed by atoms with Gasteiger partial charge in [0, 0.05) is 12.8 Å². The van der Waals surface area contributed by atoms with Crippen molar-refractivity contribution in [2.75, 3.05) is 0 Å². The van der Waals surface area contributed by atoms with Crippen LogP contribution in [-0.2, 0) is 9.53 Å². The van der Waals surface area contributed by atoms with Crippen molar-refractivity contribution in [2.24, 2.45) is 4.99 Å². The molecule has 0 fully saturated rings. The van der Waals surface area contributed by atoms with Gasteiger partial charge in [0.05, 0.1) is 6.21 Å². The Morgan fingerprint density at radius 3 is 2.47 bits per heavy atom. The molecule has 0 aromatic heterocycles. The van der Waals surface area contributed by atoms with Crippen LogP contribution in [0.5, 0.6) is 0 Å². The number of carbonyl (C=O) groups is 1. The van der Waals surface area contributed by atoms with Crippen molar-refractivity contribution in [2.45, 2.75) is 25.5 Å². The Morgan fingerprint density at radius 2 is 2.00 bits per heavy atom. The number of hydrogen-bond acceptors (Lipinski definition) is 3. The summed E-state index contributed by atoms with van der Waals surface area (Å²) < 4.78 is 5.20. The van der Waals surface area contributed by atoms with Gasteiger partial charge in [-0.15, -0.1) is 0 Å². The standard InChI is InChI=1S/C12H13NO2/c1-9(11-6-4-3-5-7-11)12(8-13-12)15-10(2)14/h3-9H,1-2H3. The molecule has 0 saturated carbocycles. The van der Waals surface area contributed by atoms with E-state index in [1.54, 1.807) is 6.21 Å². The minimum atomic E-state index is -0.715. The van der Waals surface area contributed by atoms with Gasteiger partial charge in [-0.05, 0) is 5.56 Å². The fourth-order valence-electron chi connectivity index (χ4n) is 1.64. The third-order valence-corrected chi connectivity index (χ3v) is 2.61. The molecule has 2 rings (SSSR count). The molecule has 1 aliphatic heterocycles. The monoisotopic (exact) mass is 203 g/mol. The van der Waals surface area contributed by atoms with Crippen LogP contribution in [-0.4, -0.2) is 17.9 Å². The lowest BCUT2D eigenvalue weighted by molar-refractivity contribution is -0.148. The summed E-state index contributed by atoms with van der Waals surface area (Å²) in [4.78, 5) is 15.0. The lowest BCUT2D eigenvalue weighted by Gasteiger charge is -2.21. The summed E-state index contributed by atoms with van der Waals surface area (Å²) in [6.45, 7) is 3.41. The molecule has 1 aromatic rings. The van der Waals surface area contributed by atoms with Crippen molar-refractivity contribution < 1.29 is 9.53 Å². The van der Waals surface area contributed by atoms with Gasteiger partial charge in [-0.25, -0.2) is 4.99 Å². The van der Waals surface area contributed by atoms with Gasteiger partial charge in [-0.3, -0.25) is 4.79 Å². The normalized spacial score (nSPS) is 24.7. The van der Waals surface area contributed by atoms with Gasteiger partial charge in [0.15, 0.2) is 0 Å². The largest absolute Gasteiger partial charge is 0.431 e. The quantitative estimate of drug-likeness (QED) is 0.706. The van der Waals surface area contributed by atoms with E-state index >= 15 is 0 Å². The topological polar surface area (TPSA) is 38.7 Å². The maximum absolute atomic E-state index is 10.9. The summed E-state index contributed by atoms with van der Waals surface area (Å²) in [5.74, 6) is -0.224. The minimum Gasteiger partial charge on any atom is -0.431 e. The summed E-state index contributed by atoms with van der Waals surface area (Å²) in [7, 11) is 0. The molecule has 78 valence electrons. The highest BCUT2D eigenvalue weighted by molar-refractivity contribution is 5.87. The second-order valence-electron chi connectivity index (χ2n) is 3.74. The van der Waals surface area contributed by atoms with Crippen LogP contribution in [0.3, 0.4) is 0 Å². The Balaban J connectivity index is 2.15. The molecule has 0 spiro atoms. The summed E-state index contributed by atoms with van der Waals surface area (Å²) >= 11 is 0. The Kier molecular flexibility index (Phi) is 2.31. The lowest BCUT2D eigenvalue weighted by Crippen LogP contribution is -2.28. The van der Waals surface area contributed by atoms with Gasteiger partial charge < -0.3 is 4.74 Å². The van der Waals surface area contributed by atoms with Crippen molar-refractivity contribution >= 4 is 12.2 Å². The van der Waals surface area contributed by atoms with Crippen molar-refractivity contribution in [3.63, 3.8) is 0 Å². The molecule has 0 bridgehead atoms. The van der Waals surface area contributed by atoms with Crippen LogP contribution in [0.1, 0.15) is 25.3 Å². The van der Waals surface area contributed by atoms with Crippen LogP contribution in [0.25, 0.3) is 0 Å². The Bertz CT molecular complexity index is 391. The molecule has 0 N–H and O–H groups in total. The number of carbonyl (C=O) groups excluding carboxylic acids is 1. The summed E-state index contributed by atoms with van der Waals surface area (Å²) in [5, 5.41) is 0. The van der Waals surface area contributed by atoms with Gasteiger partial charge in [-0.2, -0.15) is 0 Å². The van der Waals surface area contributed by atoms with E-state index in [1.807, 2.05) is 37.3 Å². The zero-order valence-corrected chi connectivity index (χ0v) is 8.81. The summed E-state index contributed by atoms with van der Waals surface area (Å²) in [5.41, 5.74) is 0.406. The van der Waals surface area contributed by atoms with E-state index in [-0.39, 0.29) is 11.9 Å². The zero-order chi connectivity index (χ0) is 10.9. The van der Waals surface area contributed by atoms with Crippen LogP contribution in [0, 0.1) is 0 Å². The highest BCUT2D eigenvalue weighted by Gasteiger charge is 2.46. The first-order valence-electron chi connectivity index (χ1n) is 4.95. The van der Waals surface area contributed by atoms with Crippen LogP contribution < -0.4 is 0 Å². The van der Waals surface area contributed by atoms with Gasteiger partial charge in [0.2, 0.25) is 5.72 Å².